The van der Waals surface area contributed by atoms with E-state index in [4.69, 9.17) is 5.26 Å². The number of hydrogen-bond acceptors (Lipinski definition) is 5. The summed E-state index contributed by atoms with van der Waals surface area (Å²) in [5.41, 5.74) is 4.56. The fourth-order valence-electron chi connectivity index (χ4n) is 4.70. The molecule has 0 fully saturated rings. The molecule has 0 atom stereocenters. The molecule has 7 nitrogen and oxygen atoms in total. The maximum atomic E-state index is 13.5. The minimum atomic E-state index is -3.93. The molecule has 8 heteroatoms. The summed E-state index contributed by atoms with van der Waals surface area (Å²) in [6, 6.07) is 23.2. The van der Waals surface area contributed by atoms with Crippen molar-refractivity contribution in [2.24, 2.45) is 0 Å². The number of anilines is 1. The topological polar surface area (TPSA) is 116 Å². The van der Waals surface area contributed by atoms with Gasteiger partial charge in [-0.2, -0.15) is 5.26 Å². The van der Waals surface area contributed by atoms with E-state index in [1.165, 1.54) is 6.07 Å². The number of aromatic nitrogens is 2. The number of fused-ring (bicyclic) bond motifs is 2. The van der Waals surface area contributed by atoms with E-state index >= 15 is 0 Å². The lowest BCUT2D eigenvalue weighted by atomic mass is 9.98. The lowest BCUT2D eigenvalue weighted by Gasteiger charge is -2.10. The summed E-state index contributed by atoms with van der Waals surface area (Å²) in [5, 5.41) is 10.4. The van der Waals surface area contributed by atoms with E-state index in [2.05, 4.69) is 20.8 Å². The van der Waals surface area contributed by atoms with Crippen LogP contribution in [0.4, 0.5) is 5.69 Å². The minimum Gasteiger partial charge on any atom is -0.358 e. The molecule has 3 aromatic carbocycles. The second-order valence-electron chi connectivity index (χ2n) is 9.16. The number of aryl methyl sites for hydroxylation is 2. The molecular formula is C30H26N4O3S. The van der Waals surface area contributed by atoms with Crippen molar-refractivity contribution in [2.45, 2.75) is 37.5 Å². The molecule has 0 saturated heterocycles. The van der Waals surface area contributed by atoms with Crippen LogP contribution in [0.15, 0.2) is 83.9 Å². The average molecular weight is 523 g/mol. The predicted octanol–water partition coefficient (Wildman–Crippen LogP) is 6.16. The Morgan fingerprint density at radius 3 is 2.58 bits per heavy atom. The molecule has 2 aromatic heterocycles. The van der Waals surface area contributed by atoms with Gasteiger partial charge in [0.25, 0.3) is 10.0 Å². The number of H-pyrrole nitrogens is 1. The van der Waals surface area contributed by atoms with E-state index in [-0.39, 0.29) is 10.7 Å². The van der Waals surface area contributed by atoms with Gasteiger partial charge in [0.1, 0.15) is 4.90 Å². The molecule has 5 rings (SSSR count). The van der Waals surface area contributed by atoms with Crippen LogP contribution >= 0.6 is 0 Å². The predicted molar refractivity (Wildman–Crippen MR) is 149 cm³/mol. The van der Waals surface area contributed by atoms with Crippen LogP contribution in [0, 0.1) is 11.3 Å². The number of para-hydroxylation sites is 1. The lowest BCUT2D eigenvalue weighted by molar-refractivity contribution is 0.0983. The van der Waals surface area contributed by atoms with Gasteiger partial charge in [0.15, 0.2) is 5.78 Å². The highest BCUT2D eigenvalue weighted by Crippen LogP contribution is 2.30. The first-order valence-corrected chi connectivity index (χ1v) is 13.9. The molecule has 190 valence electrons. The number of nitrogens with one attached hydrogen (secondary N) is 2. The number of benzene rings is 3. The third-order valence-corrected chi connectivity index (χ3v) is 7.93. The minimum absolute atomic E-state index is 0.0117. The van der Waals surface area contributed by atoms with Crippen molar-refractivity contribution in [3.63, 3.8) is 0 Å². The smallest absolute Gasteiger partial charge is 0.264 e. The highest BCUT2D eigenvalue weighted by molar-refractivity contribution is 7.93. The van der Waals surface area contributed by atoms with Crippen LogP contribution in [-0.2, 0) is 22.9 Å². The molecule has 0 spiro atoms. The number of carbonyl (C=O) groups excluding carboxylic acids is 1. The maximum absolute atomic E-state index is 13.5. The van der Waals surface area contributed by atoms with Crippen LogP contribution in [0.5, 0.6) is 0 Å². The Kier molecular flexibility index (Phi) is 6.95. The van der Waals surface area contributed by atoms with E-state index in [0.717, 1.165) is 28.6 Å². The third kappa shape index (κ3) is 5.01. The quantitative estimate of drug-likeness (QED) is 0.225. The second kappa shape index (κ2) is 10.5. The summed E-state index contributed by atoms with van der Waals surface area (Å²) in [7, 11) is -3.93. The molecule has 0 aliphatic rings. The first-order chi connectivity index (χ1) is 18.4. The van der Waals surface area contributed by atoms with E-state index < -0.39 is 10.0 Å². The first kappa shape index (κ1) is 25.2. The molecule has 2 N–H and O–H groups in total. The van der Waals surface area contributed by atoms with Crippen molar-refractivity contribution in [1.29, 1.82) is 5.26 Å². The maximum Gasteiger partial charge on any atom is 0.264 e. The number of aromatic amines is 1. The normalized spacial score (nSPS) is 11.5. The van der Waals surface area contributed by atoms with Crippen molar-refractivity contribution >= 4 is 43.3 Å². The summed E-state index contributed by atoms with van der Waals surface area (Å²) in [6.07, 6.45) is 3.97. The second-order valence-corrected chi connectivity index (χ2v) is 10.8. The molecule has 0 radical (unpaired) electrons. The summed E-state index contributed by atoms with van der Waals surface area (Å²) < 4.78 is 29.4. The fourth-order valence-corrected chi connectivity index (χ4v) is 5.93. The van der Waals surface area contributed by atoms with Crippen molar-refractivity contribution in [1.82, 2.24) is 9.97 Å². The number of hydrogen-bond donors (Lipinski definition) is 2. The number of pyridine rings is 1. The number of carbonyl (C=O) groups is 1. The van der Waals surface area contributed by atoms with Gasteiger partial charge in [-0.3, -0.25) is 14.5 Å². The first-order valence-electron chi connectivity index (χ1n) is 12.4. The molecule has 0 bridgehead atoms. The van der Waals surface area contributed by atoms with E-state index in [0.29, 0.717) is 47.0 Å². The monoisotopic (exact) mass is 522 g/mol. The summed E-state index contributed by atoms with van der Waals surface area (Å²) in [6.45, 7) is 2.05. The highest BCUT2D eigenvalue weighted by Gasteiger charge is 2.21. The fraction of sp³-hybridized carbons (Fsp3) is 0.167. The molecular weight excluding hydrogens is 496 g/mol. The van der Waals surface area contributed by atoms with Gasteiger partial charge in [-0.05, 0) is 60.9 Å². The Morgan fingerprint density at radius 2 is 1.82 bits per heavy atom. The number of nitriles is 1. The van der Waals surface area contributed by atoms with Gasteiger partial charge in [0.05, 0.1) is 17.1 Å². The molecule has 2 heterocycles. The Morgan fingerprint density at radius 1 is 1.03 bits per heavy atom. The Bertz CT molecular complexity index is 1790. The van der Waals surface area contributed by atoms with Gasteiger partial charge in [0.2, 0.25) is 0 Å². The number of Topliss-reactive ketones (excluding diaryl/α,β-unsaturated/α-hetero) is 1. The zero-order valence-corrected chi connectivity index (χ0v) is 21.7. The molecule has 0 unspecified atom stereocenters. The van der Waals surface area contributed by atoms with Crippen LogP contribution in [0.3, 0.4) is 0 Å². The van der Waals surface area contributed by atoms with Crippen molar-refractivity contribution in [3.05, 3.63) is 101 Å². The molecule has 0 saturated carbocycles. The number of ketones is 1. The van der Waals surface area contributed by atoms with Crippen LogP contribution in [0.1, 0.15) is 46.9 Å². The van der Waals surface area contributed by atoms with Crippen molar-refractivity contribution in [2.75, 3.05) is 4.72 Å². The summed E-state index contributed by atoms with van der Waals surface area (Å²) in [5.74, 6) is -0.0117. The molecule has 5 aromatic rings. The number of rotatable bonds is 9. The SMILES string of the molecule is CCCc1[nH]c2ccc(NS(=O)(=O)c3cccc4cccnc34)cc2c1C(=O)CCc1ccc(C#N)cc1. The van der Waals surface area contributed by atoms with E-state index in [1.54, 1.807) is 48.7 Å². The zero-order chi connectivity index (χ0) is 26.7. The zero-order valence-electron chi connectivity index (χ0n) is 20.9. The standard InChI is InChI=1S/C30H26N4O3S/c1-2-5-26-29(27(35)16-13-20-9-11-21(19-31)12-10-20)24-18-23(14-15-25(24)33-26)34-38(36,37)28-8-3-6-22-7-4-17-32-30(22)28/h3-4,6-12,14-15,17-18,33-34H,2,5,13,16H2,1H3. The number of sulfonamides is 1. The van der Waals surface area contributed by atoms with Crippen molar-refractivity contribution < 1.29 is 13.2 Å². The van der Waals surface area contributed by atoms with E-state index in [9.17, 15) is 13.2 Å². The molecule has 0 amide bonds. The third-order valence-electron chi connectivity index (χ3n) is 6.52. The van der Waals surface area contributed by atoms with Crippen LogP contribution in [0.2, 0.25) is 0 Å². The largest absolute Gasteiger partial charge is 0.358 e. The summed E-state index contributed by atoms with van der Waals surface area (Å²) >= 11 is 0. The van der Waals surface area contributed by atoms with Gasteiger partial charge in [-0.25, -0.2) is 8.42 Å². The van der Waals surface area contributed by atoms with Crippen LogP contribution in [0.25, 0.3) is 21.8 Å². The van der Waals surface area contributed by atoms with Gasteiger partial charge >= 0.3 is 0 Å². The van der Waals surface area contributed by atoms with Gasteiger partial charge in [0, 0.05) is 45.9 Å². The number of nitrogens with zero attached hydrogens (tertiary/aromatic N) is 2. The Labute approximate surface area is 221 Å². The van der Waals surface area contributed by atoms with E-state index in [1.807, 2.05) is 31.2 Å². The van der Waals surface area contributed by atoms with Crippen molar-refractivity contribution in [3.8, 4) is 6.07 Å². The Hall–Kier alpha value is -4.48. The van der Waals surface area contributed by atoms with Crippen LogP contribution < -0.4 is 4.72 Å². The van der Waals surface area contributed by atoms with Gasteiger partial charge in [-0.15, -0.1) is 0 Å². The lowest BCUT2D eigenvalue weighted by Crippen LogP contribution is -2.13. The molecule has 0 aliphatic heterocycles. The average Bonchev–Trinajstić information content (AvgIpc) is 3.29. The van der Waals surface area contributed by atoms with Gasteiger partial charge < -0.3 is 4.98 Å². The Balaban J connectivity index is 1.47. The van der Waals surface area contributed by atoms with Gasteiger partial charge in [-0.1, -0.05) is 43.7 Å². The molecule has 38 heavy (non-hydrogen) atoms. The summed E-state index contributed by atoms with van der Waals surface area (Å²) in [4.78, 5) is 21.2. The van der Waals surface area contributed by atoms with Crippen LogP contribution in [-0.4, -0.2) is 24.2 Å². The molecule has 0 aliphatic carbocycles. The highest BCUT2D eigenvalue weighted by atomic mass is 32.2.